The summed E-state index contributed by atoms with van der Waals surface area (Å²) in [5, 5.41) is 3.95. The van der Waals surface area contributed by atoms with Crippen molar-refractivity contribution >= 4 is 23.8 Å². The fraction of sp³-hybridized carbons (Fsp3) is 0.100. The van der Waals surface area contributed by atoms with E-state index in [4.69, 9.17) is 4.74 Å². The second-order valence-corrected chi connectivity index (χ2v) is 7.37. The van der Waals surface area contributed by atoms with Crippen molar-refractivity contribution in [2.24, 2.45) is 0 Å². The molecular formula is C20H19OP. The lowest BCUT2D eigenvalue weighted by Crippen LogP contribution is -2.22. The van der Waals surface area contributed by atoms with Crippen LogP contribution < -0.4 is 20.7 Å². The molecule has 0 aliphatic carbocycles. The van der Waals surface area contributed by atoms with Crippen LogP contribution in [0.25, 0.3) is 0 Å². The van der Waals surface area contributed by atoms with Crippen LogP contribution in [0.1, 0.15) is 5.56 Å². The Hall–Kier alpha value is -2.11. The molecular weight excluding hydrogens is 287 g/mol. The molecule has 0 aromatic heterocycles. The molecule has 0 radical (unpaired) electrons. The summed E-state index contributed by atoms with van der Waals surface area (Å²) in [5.41, 5.74) is 1.26. The lowest BCUT2D eigenvalue weighted by atomic mass is 10.2. The first-order valence-electron chi connectivity index (χ1n) is 7.34. The van der Waals surface area contributed by atoms with Crippen molar-refractivity contribution < 1.29 is 4.74 Å². The van der Waals surface area contributed by atoms with Gasteiger partial charge in [0.15, 0.2) is 0 Å². The first kappa shape index (κ1) is 14.8. The van der Waals surface area contributed by atoms with Crippen molar-refractivity contribution in [3.05, 3.63) is 84.4 Å². The van der Waals surface area contributed by atoms with Crippen LogP contribution in [-0.4, -0.2) is 7.11 Å². The number of methoxy groups -OCH3 is 1. The van der Waals surface area contributed by atoms with Crippen molar-refractivity contribution in [3.8, 4) is 5.75 Å². The molecule has 0 unspecified atom stereocenters. The zero-order valence-corrected chi connectivity index (χ0v) is 13.8. The first-order valence-corrected chi connectivity index (χ1v) is 8.68. The third-order valence-electron chi connectivity index (χ3n) is 3.60. The van der Waals surface area contributed by atoms with E-state index in [-0.39, 0.29) is 0 Å². The minimum atomic E-state index is -0.614. The fourth-order valence-corrected chi connectivity index (χ4v) is 5.07. The number of hydrogen-bond donors (Lipinski definition) is 0. The van der Waals surface area contributed by atoms with E-state index in [0.717, 1.165) is 5.75 Å². The highest BCUT2D eigenvalue weighted by molar-refractivity contribution is 7.80. The molecule has 0 spiro atoms. The van der Waals surface area contributed by atoms with E-state index < -0.39 is 7.92 Å². The molecule has 0 N–H and O–H groups in total. The predicted octanol–water partition coefficient (Wildman–Crippen LogP) is 3.76. The Balaban J connectivity index is 2.21. The number of ether oxygens (including phenoxy) is 1. The quantitative estimate of drug-likeness (QED) is 0.667. The number of aryl methyl sites for hydroxylation is 1. The van der Waals surface area contributed by atoms with Crippen LogP contribution in [0.15, 0.2) is 78.9 Å². The lowest BCUT2D eigenvalue weighted by Gasteiger charge is -2.22. The molecule has 2 heteroatoms. The Morgan fingerprint density at radius 2 is 1.27 bits per heavy atom. The summed E-state index contributed by atoms with van der Waals surface area (Å²) in [5.74, 6) is 0.962. The summed E-state index contributed by atoms with van der Waals surface area (Å²) in [7, 11) is 1.13. The van der Waals surface area contributed by atoms with Gasteiger partial charge in [0, 0.05) is 5.30 Å². The van der Waals surface area contributed by atoms with E-state index in [1.54, 1.807) is 7.11 Å². The van der Waals surface area contributed by atoms with Gasteiger partial charge >= 0.3 is 0 Å². The van der Waals surface area contributed by atoms with E-state index >= 15 is 0 Å². The lowest BCUT2D eigenvalue weighted by molar-refractivity contribution is 0.418. The Morgan fingerprint density at radius 3 is 1.77 bits per heavy atom. The van der Waals surface area contributed by atoms with Crippen LogP contribution in [-0.2, 0) is 0 Å². The third kappa shape index (κ3) is 3.05. The molecule has 0 amide bonds. The minimum absolute atomic E-state index is 0.614. The monoisotopic (exact) mass is 306 g/mol. The van der Waals surface area contributed by atoms with Gasteiger partial charge in [-0.3, -0.25) is 0 Å². The second-order valence-electron chi connectivity index (χ2n) is 5.18. The van der Waals surface area contributed by atoms with E-state index in [9.17, 15) is 0 Å². The van der Waals surface area contributed by atoms with Crippen molar-refractivity contribution in [1.29, 1.82) is 0 Å². The van der Waals surface area contributed by atoms with Gasteiger partial charge in [-0.2, -0.15) is 0 Å². The highest BCUT2D eigenvalue weighted by Gasteiger charge is 2.20. The molecule has 0 aliphatic heterocycles. The summed E-state index contributed by atoms with van der Waals surface area (Å²) >= 11 is 0. The summed E-state index contributed by atoms with van der Waals surface area (Å²) in [4.78, 5) is 0. The normalized spacial score (nSPS) is 10.7. The van der Waals surface area contributed by atoms with Gasteiger partial charge in [0.1, 0.15) is 5.75 Å². The molecule has 0 aliphatic rings. The SMILES string of the molecule is COc1ccc(C)cc1P(c1ccccc1)c1ccccc1. The molecule has 0 bridgehead atoms. The molecule has 0 heterocycles. The standard InChI is InChI=1S/C20H19OP/c1-16-13-14-19(21-2)20(15-16)22(17-9-5-3-6-10-17)18-11-7-4-8-12-18/h3-15H,1-2H3. The summed E-state index contributed by atoms with van der Waals surface area (Å²) in [6.07, 6.45) is 0. The molecule has 110 valence electrons. The Morgan fingerprint density at radius 1 is 0.727 bits per heavy atom. The summed E-state index contributed by atoms with van der Waals surface area (Å²) < 4.78 is 5.64. The molecule has 1 nitrogen and oxygen atoms in total. The largest absolute Gasteiger partial charge is 0.496 e. The van der Waals surface area contributed by atoms with Crippen LogP contribution in [0.5, 0.6) is 5.75 Å². The highest BCUT2D eigenvalue weighted by atomic mass is 31.1. The van der Waals surface area contributed by atoms with Gasteiger partial charge in [0.05, 0.1) is 7.11 Å². The molecule has 22 heavy (non-hydrogen) atoms. The fourth-order valence-electron chi connectivity index (χ4n) is 2.56. The molecule has 0 fully saturated rings. The zero-order chi connectivity index (χ0) is 15.4. The van der Waals surface area contributed by atoms with Crippen molar-refractivity contribution in [1.82, 2.24) is 0 Å². The predicted molar refractivity (Wildman–Crippen MR) is 96.4 cm³/mol. The number of benzene rings is 3. The van der Waals surface area contributed by atoms with Gasteiger partial charge in [-0.05, 0) is 37.6 Å². The van der Waals surface area contributed by atoms with Crippen LogP contribution >= 0.6 is 7.92 Å². The van der Waals surface area contributed by atoms with E-state index in [0.29, 0.717) is 0 Å². The van der Waals surface area contributed by atoms with Crippen LogP contribution in [0.2, 0.25) is 0 Å². The van der Waals surface area contributed by atoms with Crippen molar-refractivity contribution in [2.45, 2.75) is 6.92 Å². The molecule has 0 saturated carbocycles. The van der Waals surface area contributed by atoms with Crippen molar-refractivity contribution in [2.75, 3.05) is 7.11 Å². The Labute approximate surface area is 133 Å². The molecule has 3 aromatic carbocycles. The average molecular weight is 306 g/mol. The van der Waals surface area contributed by atoms with Crippen LogP contribution in [0.4, 0.5) is 0 Å². The Bertz CT molecular complexity index is 699. The van der Waals surface area contributed by atoms with E-state index in [2.05, 4.69) is 85.8 Å². The van der Waals surface area contributed by atoms with Gasteiger partial charge < -0.3 is 4.74 Å². The summed E-state index contributed by atoms with van der Waals surface area (Å²) in [6, 6.07) is 27.8. The van der Waals surface area contributed by atoms with Gasteiger partial charge in [0.2, 0.25) is 0 Å². The van der Waals surface area contributed by atoms with Crippen LogP contribution in [0, 0.1) is 6.92 Å². The molecule has 0 atom stereocenters. The smallest absolute Gasteiger partial charge is 0.127 e. The number of rotatable bonds is 4. The van der Waals surface area contributed by atoms with Gasteiger partial charge in [-0.15, -0.1) is 0 Å². The second kappa shape index (κ2) is 6.77. The topological polar surface area (TPSA) is 9.23 Å². The molecule has 3 rings (SSSR count). The van der Waals surface area contributed by atoms with E-state index in [1.807, 2.05) is 0 Å². The van der Waals surface area contributed by atoms with E-state index in [1.165, 1.54) is 21.5 Å². The first-order chi connectivity index (χ1) is 10.8. The maximum absolute atomic E-state index is 5.64. The molecule has 0 saturated heterocycles. The molecule has 3 aromatic rings. The maximum Gasteiger partial charge on any atom is 0.127 e. The van der Waals surface area contributed by atoms with Crippen molar-refractivity contribution in [3.63, 3.8) is 0 Å². The van der Waals surface area contributed by atoms with Gasteiger partial charge in [-0.1, -0.05) is 72.3 Å². The summed E-state index contributed by atoms with van der Waals surface area (Å²) in [6.45, 7) is 2.13. The zero-order valence-electron chi connectivity index (χ0n) is 12.9. The van der Waals surface area contributed by atoms with Gasteiger partial charge in [-0.25, -0.2) is 0 Å². The van der Waals surface area contributed by atoms with Gasteiger partial charge in [0.25, 0.3) is 0 Å². The maximum atomic E-state index is 5.64. The Kier molecular flexibility index (Phi) is 4.56. The highest BCUT2D eigenvalue weighted by Crippen LogP contribution is 2.36. The average Bonchev–Trinajstić information content (AvgIpc) is 2.57. The van der Waals surface area contributed by atoms with Crippen LogP contribution in [0.3, 0.4) is 0 Å². The minimum Gasteiger partial charge on any atom is -0.496 e. The number of hydrogen-bond acceptors (Lipinski definition) is 1. The third-order valence-corrected chi connectivity index (χ3v) is 6.06.